The first-order chi connectivity index (χ1) is 6.29. The second-order valence-corrected chi connectivity index (χ2v) is 3.32. The molecule has 0 aliphatic carbocycles. The predicted octanol–water partition coefficient (Wildman–Crippen LogP) is 0.773. The summed E-state index contributed by atoms with van der Waals surface area (Å²) in [4.78, 5) is 13.5. The van der Waals surface area contributed by atoms with Gasteiger partial charge in [0.1, 0.15) is 0 Å². The summed E-state index contributed by atoms with van der Waals surface area (Å²) in [6.45, 7) is 8.38. The molecule has 0 saturated carbocycles. The Labute approximate surface area is 79.8 Å². The minimum atomic E-state index is 0.200. The fourth-order valence-electron chi connectivity index (χ4n) is 1.78. The van der Waals surface area contributed by atoms with Crippen molar-refractivity contribution >= 4 is 5.91 Å². The third-order valence-corrected chi connectivity index (χ3v) is 2.46. The van der Waals surface area contributed by atoms with Gasteiger partial charge >= 0.3 is 0 Å². The van der Waals surface area contributed by atoms with E-state index >= 15 is 0 Å². The molecule has 1 atom stereocenters. The number of hydrogen-bond donors (Lipinski definition) is 1. The molecule has 0 aromatic rings. The first-order valence-electron chi connectivity index (χ1n) is 4.90. The van der Waals surface area contributed by atoms with E-state index in [4.69, 9.17) is 0 Å². The van der Waals surface area contributed by atoms with E-state index in [-0.39, 0.29) is 5.91 Å². The molecule has 0 aromatic heterocycles. The average Bonchev–Trinajstić information content (AvgIpc) is 2.59. The number of rotatable bonds is 4. The maximum Gasteiger partial charge on any atom is 0.226 e. The highest BCUT2D eigenvalue weighted by molar-refractivity contribution is 5.77. The first-order valence-corrected chi connectivity index (χ1v) is 4.90. The van der Waals surface area contributed by atoms with Crippen LogP contribution in [0, 0.1) is 0 Å². The van der Waals surface area contributed by atoms with Crippen LogP contribution in [0.25, 0.3) is 0 Å². The van der Waals surface area contributed by atoms with Crippen molar-refractivity contribution in [3.63, 3.8) is 0 Å². The van der Waals surface area contributed by atoms with Crippen molar-refractivity contribution in [3.8, 4) is 0 Å². The van der Waals surface area contributed by atoms with Gasteiger partial charge in [0.25, 0.3) is 0 Å². The number of nitrogens with zero attached hydrogens (tertiary/aromatic N) is 1. The molecule has 1 aliphatic rings. The molecule has 74 valence electrons. The van der Waals surface area contributed by atoms with Crippen LogP contribution in [0.5, 0.6) is 0 Å². The van der Waals surface area contributed by atoms with E-state index in [1.165, 1.54) is 0 Å². The molecule has 3 heteroatoms. The lowest BCUT2D eigenvalue weighted by molar-refractivity contribution is -0.132. The van der Waals surface area contributed by atoms with Crippen molar-refractivity contribution in [1.29, 1.82) is 0 Å². The van der Waals surface area contributed by atoms with Gasteiger partial charge in [-0.2, -0.15) is 0 Å². The summed E-state index contributed by atoms with van der Waals surface area (Å²) >= 11 is 0. The van der Waals surface area contributed by atoms with Crippen molar-refractivity contribution < 1.29 is 4.79 Å². The van der Waals surface area contributed by atoms with Gasteiger partial charge in [-0.1, -0.05) is 6.08 Å². The molecule has 1 rings (SSSR count). The first kappa shape index (κ1) is 10.3. The number of hydrogen-bond acceptors (Lipinski definition) is 2. The molecule has 1 amide bonds. The lowest BCUT2D eigenvalue weighted by atomic mass is 10.2. The lowest BCUT2D eigenvalue weighted by Gasteiger charge is -2.26. The fraction of sp³-hybridized carbons (Fsp3) is 0.700. The van der Waals surface area contributed by atoms with Gasteiger partial charge in [0.2, 0.25) is 5.91 Å². The summed E-state index contributed by atoms with van der Waals surface area (Å²) in [5, 5.41) is 3.26. The molecular formula is C10H18N2O. The molecule has 1 saturated heterocycles. The molecule has 0 spiro atoms. The Kier molecular flexibility index (Phi) is 3.96. The van der Waals surface area contributed by atoms with Gasteiger partial charge in [-0.05, 0) is 19.9 Å². The van der Waals surface area contributed by atoms with Crippen molar-refractivity contribution in [2.24, 2.45) is 0 Å². The minimum absolute atomic E-state index is 0.200. The van der Waals surface area contributed by atoms with Gasteiger partial charge in [-0.3, -0.25) is 4.79 Å². The Morgan fingerprint density at radius 1 is 1.77 bits per heavy atom. The Bertz CT molecular complexity index is 185. The van der Waals surface area contributed by atoms with Crippen LogP contribution in [0.3, 0.4) is 0 Å². The van der Waals surface area contributed by atoms with Gasteiger partial charge in [0, 0.05) is 25.6 Å². The van der Waals surface area contributed by atoms with Crippen LogP contribution in [0.1, 0.15) is 19.8 Å². The standard InChI is InChI=1S/C10H18N2O/c1-3-5-10(13)12(4-2)9-6-7-11-8-9/h3,9,11H,1,4-8H2,2H3. The Morgan fingerprint density at radius 3 is 3.00 bits per heavy atom. The SMILES string of the molecule is C=CCC(=O)N(CC)C1CCNC1. The fourth-order valence-corrected chi connectivity index (χ4v) is 1.78. The van der Waals surface area contributed by atoms with E-state index in [9.17, 15) is 4.79 Å². The quantitative estimate of drug-likeness (QED) is 0.651. The zero-order valence-corrected chi connectivity index (χ0v) is 8.25. The number of carbonyl (C=O) groups is 1. The number of amides is 1. The van der Waals surface area contributed by atoms with Crippen LogP contribution in [-0.2, 0) is 4.79 Å². The van der Waals surface area contributed by atoms with Crippen molar-refractivity contribution in [2.45, 2.75) is 25.8 Å². The summed E-state index contributed by atoms with van der Waals surface area (Å²) in [6, 6.07) is 0.400. The van der Waals surface area contributed by atoms with E-state index < -0.39 is 0 Å². The van der Waals surface area contributed by atoms with Crippen molar-refractivity contribution in [2.75, 3.05) is 19.6 Å². The van der Waals surface area contributed by atoms with Crippen molar-refractivity contribution in [3.05, 3.63) is 12.7 Å². The van der Waals surface area contributed by atoms with E-state index in [1.54, 1.807) is 6.08 Å². The van der Waals surface area contributed by atoms with E-state index in [2.05, 4.69) is 11.9 Å². The molecule has 1 unspecified atom stereocenters. The molecule has 1 fully saturated rings. The smallest absolute Gasteiger partial charge is 0.226 e. The van der Waals surface area contributed by atoms with Crippen LogP contribution >= 0.6 is 0 Å². The monoisotopic (exact) mass is 182 g/mol. The van der Waals surface area contributed by atoms with E-state index in [0.29, 0.717) is 12.5 Å². The average molecular weight is 182 g/mol. The highest BCUT2D eigenvalue weighted by atomic mass is 16.2. The van der Waals surface area contributed by atoms with Crippen molar-refractivity contribution in [1.82, 2.24) is 10.2 Å². The van der Waals surface area contributed by atoms with Crippen LogP contribution < -0.4 is 5.32 Å². The Balaban J connectivity index is 2.49. The minimum Gasteiger partial charge on any atom is -0.338 e. The summed E-state index contributed by atoms with van der Waals surface area (Å²) in [6.07, 6.45) is 3.22. The molecule has 13 heavy (non-hydrogen) atoms. The number of nitrogens with one attached hydrogen (secondary N) is 1. The molecule has 0 aromatic carbocycles. The maximum atomic E-state index is 11.6. The van der Waals surface area contributed by atoms with Gasteiger partial charge in [0.15, 0.2) is 0 Å². The van der Waals surface area contributed by atoms with Gasteiger partial charge < -0.3 is 10.2 Å². The number of likely N-dealkylation sites (N-methyl/N-ethyl adjacent to an activating group) is 1. The number of carbonyl (C=O) groups excluding carboxylic acids is 1. The Morgan fingerprint density at radius 2 is 2.54 bits per heavy atom. The van der Waals surface area contributed by atoms with E-state index in [1.807, 2.05) is 11.8 Å². The summed E-state index contributed by atoms with van der Waals surface area (Å²) in [7, 11) is 0. The molecule has 3 nitrogen and oxygen atoms in total. The third-order valence-electron chi connectivity index (χ3n) is 2.46. The van der Waals surface area contributed by atoms with E-state index in [0.717, 1.165) is 26.1 Å². The zero-order chi connectivity index (χ0) is 9.68. The Hall–Kier alpha value is -0.830. The summed E-state index contributed by atoms with van der Waals surface area (Å²) in [5.74, 6) is 0.200. The topological polar surface area (TPSA) is 32.3 Å². The lowest BCUT2D eigenvalue weighted by Crippen LogP contribution is -2.41. The highest BCUT2D eigenvalue weighted by Gasteiger charge is 2.23. The second-order valence-electron chi connectivity index (χ2n) is 3.32. The van der Waals surface area contributed by atoms with Gasteiger partial charge in [0.05, 0.1) is 0 Å². The van der Waals surface area contributed by atoms with Crippen LogP contribution in [0.2, 0.25) is 0 Å². The third kappa shape index (κ3) is 2.56. The second kappa shape index (κ2) is 5.02. The molecule has 0 radical (unpaired) electrons. The largest absolute Gasteiger partial charge is 0.338 e. The molecule has 0 bridgehead atoms. The predicted molar refractivity (Wildman–Crippen MR) is 53.5 cm³/mol. The van der Waals surface area contributed by atoms with Crippen LogP contribution in [0.4, 0.5) is 0 Å². The maximum absolute atomic E-state index is 11.6. The molecule has 1 aliphatic heterocycles. The van der Waals surface area contributed by atoms with Crippen LogP contribution in [-0.4, -0.2) is 36.5 Å². The summed E-state index contributed by atoms with van der Waals surface area (Å²) in [5.41, 5.74) is 0. The molecular weight excluding hydrogens is 164 g/mol. The highest BCUT2D eigenvalue weighted by Crippen LogP contribution is 2.09. The molecule has 1 heterocycles. The van der Waals surface area contributed by atoms with Gasteiger partial charge in [-0.15, -0.1) is 6.58 Å². The normalized spacial score (nSPS) is 21.5. The van der Waals surface area contributed by atoms with Gasteiger partial charge in [-0.25, -0.2) is 0 Å². The zero-order valence-electron chi connectivity index (χ0n) is 8.25. The molecule has 1 N–H and O–H groups in total. The summed E-state index contributed by atoms with van der Waals surface area (Å²) < 4.78 is 0. The van der Waals surface area contributed by atoms with Crippen LogP contribution in [0.15, 0.2) is 12.7 Å².